The first-order chi connectivity index (χ1) is 15.6. The van der Waals surface area contributed by atoms with E-state index in [4.69, 9.17) is 4.74 Å². The summed E-state index contributed by atoms with van der Waals surface area (Å²) in [7, 11) is 1.64. The zero-order valence-electron chi connectivity index (χ0n) is 17.8. The second-order valence-corrected chi connectivity index (χ2v) is 8.65. The third-order valence-electron chi connectivity index (χ3n) is 5.94. The number of amides is 1. The normalized spacial score (nSPS) is 15.2. The van der Waals surface area contributed by atoms with Gasteiger partial charge in [0.2, 0.25) is 0 Å². The molecule has 1 atom stereocenters. The summed E-state index contributed by atoms with van der Waals surface area (Å²) in [4.78, 5) is 15.4. The molecule has 1 N–H and O–H groups in total. The number of halogens is 1. The summed E-state index contributed by atoms with van der Waals surface area (Å²) < 4.78 is 6.27. The maximum Gasteiger partial charge on any atom is 0.277 e. The molecule has 1 amide bonds. The molecule has 0 fully saturated rings. The summed E-state index contributed by atoms with van der Waals surface area (Å²) in [5.41, 5.74) is 6.29. The summed E-state index contributed by atoms with van der Waals surface area (Å²) >= 11 is 3.49. The van der Waals surface area contributed by atoms with Crippen molar-refractivity contribution in [2.45, 2.75) is 19.4 Å². The second-order valence-electron chi connectivity index (χ2n) is 7.74. The molecule has 0 spiro atoms. The Morgan fingerprint density at radius 3 is 2.31 bits per heavy atom. The van der Waals surface area contributed by atoms with Gasteiger partial charge in [-0.25, -0.2) is 0 Å². The van der Waals surface area contributed by atoms with Gasteiger partial charge < -0.3 is 4.74 Å². The largest absolute Gasteiger partial charge is 0.497 e. The Balaban J connectivity index is 1.68. The molecule has 0 saturated carbocycles. The number of hydrogen-bond acceptors (Lipinski definition) is 3. The van der Waals surface area contributed by atoms with Gasteiger partial charge in [0.1, 0.15) is 11.4 Å². The van der Waals surface area contributed by atoms with Crippen LogP contribution in [0.4, 0.5) is 5.69 Å². The van der Waals surface area contributed by atoms with Gasteiger partial charge in [0.25, 0.3) is 5.91 Å². The van der Waals surface area contributed by atoms with E-state index in [-0.39, 0.29) is 11.9 Å². The highest BCUT2D eigenvalue weighted by atomic mass is 79.9. The number of methoxy groups -OCH3 is 1. The monoisotopic (exact) mass is 487 g/mol. The van der Waals surface area contributed by atoms with Crippen molar-refractivity contribution in [1.29, 1.82) is 0 Å². The zero-order valence-corrected chi connectivity index (χ0v) is 19.4. The van der Waals surface area contributed by atoms with Crippen LogP contribution >= 0.6 is 15.9 Å². The number of carbonyl (C=O) groups is 1. The molecule has 0 bridgehead atoms. The van der Waals surface area contributed by atoms with Crippen molar-refractivity contribution < 1.29 is 9.53 Å². The lowest BCUT2D eigenvalue weighted by molar-refractivity contribution is 0.0989. The van der Waals surface area contributed by atoms with E-state index in [2.05, 4.69) is 57.3 Å². The number of anilines is 1. The number of rotatable bonds is 5. The van der Waals surface area contributed by atoms with E-state index in [1.54, 1.807) is 7.11 Å². The highest BCUT2D eigenvalue weighted by Crippen LogP contribution is 2.45. The summed E-state index contributed by atoms with van der Waals surface area (Å²) in [6.07, 6.45) is 0.967. The van der Waals surface area contributed by atoms with Gasteiger partial charge in [0, 0.05) is 21.3 Å². The third kappa shape index (κ3) is 3.41. The highest BCUT2D eigenvalue weighted by molar-refractivity contribution is 9.10. The third-order valence-corrected chi connectivity index (χ3v) is 6.47. The molecule has 1 unspecified atom stereocenters. The molecule has 32 heavy (non-hydrogen) atoms. The van der Waals surface area contributed by atoms with Crippen molar-refractivity contribution in [3.8, 4) is 17.0 Å². The molecule has 160 valence electrons. The highest BCUT2D eigenvalue weighted by Gasteiger charge is 2.43. The predicted octanol–water partition coefficient (Wildman–Crippen LogP) is 6.16. The minimum atomic E-state index is -0.277. The van der Waals surface area contributed by atoms with E-state index in [0.717, 1.165) is 44.7 Å². The van der Waals surface area contributed by atoms with Crippen molar-refractivity contribution in [3.63, 3.8) is 0 Å². The first-order valence-electron chi connectivity index (χ1n) is 10.5. The number of aromatic nitrogens is 2. The molecular weight excluding hydrogens is 466 g/mol. The van der Waals surface area contributed by atoms with E-state index in [0.29, 0.717) is 5.69 Å². The van der Waals surface area contributed by atoms with Crippen molar-refractivity contribution in [3.05, 3.63) is 99.7 Å². The molecular formula is C26H22BrN3O2. The van der Waals surface area contributed by atoms with Crippen LogP contribution in [0.1, 0.15) is 40.1 Å². The summed E-state index contributed by atoms with van der Waals surface area (Å²) in [5.74, 6) is 0.694. The molecule has 0 saturated heterocycles. The number of carbonyl (C=O) groups excluding carboxylic acids is 1. The average Bonchev–Trinajstić information content (AvgIpc) is 3.39. The summed E-state index contributed by atoms with van der Waals surface area (Å²) in [6, 6.07) is 23.8. The Bertz CT molecular complexity index is 1260. The van der Waals surface area contributed by atoms with Crippen molar-refractivity contribution in [2.75, 3.05) is 12.0 Å². The van der Waals surface area contributed by atoms with Crippen molar-refractivity contribution in [1.82, 2.24) is 10.2 Å². The number of fused-ring (bicyclic) bond motifs is 1. The summed E-state index contributed by atoms with van der Waals surface area (Å²) in [6.45, 7) is 2.14. The van der Waals surface area contributed by atoms with Gasteiger partial charge in [0.15, 0.2) is 0 Å². The Labute approximate surface area is 195 Å². The number of aromatic amines is 1. The topological polar surface area (TPSA) is 58.2 Å². The molecule has 5 rings (SSSR count). The zero-order chi connectivity index (χ0) is 22.2. The smallest absolute Gasteiger partial charge is 0.277 e. The van der Waals surface area contributed by atoms with Gasteiger partial charge in [-0.15, -0.1) is 0 Å². The minimum absolute atomic E-state index is 0.0841. The molecule has 2 heterocycles. The van der Waals surface area contributed by atoms with Crippen LogP contribution in [0.2, 0.25) is 0 Å². The first-order valence-corrected chi connectivity index (χ1v) is 11.3. The number of ether oxygens (including phenoxy) is 1. The molecule has 4 aromatic rings. The minimum Gasteiger partial charge on any atom is -0.497 e. The van der Waals surface area contributed by atoms with Crippen LogP contribution in [0.15, 0.2) is 77.3 Å². The van der Waals surface area contributed by atoms with Gasteiger partial charge in [-0.2, -0.15) is 5.10 Å². The van der Waals surface area contributed by atoms with Gasteiger partial charge in [0.05, 0.1) is 18.8 Å². The standard InChI is InChI=1S/C26H22BrN3O2/c1-3-16-4-6-18(7-5-16)25-22-23(17-8-14-21(32-2)15-9-17)28-29-24(22)26(31)30(25)20-12-10-19(27)11-13-20/h4-15,25H,3H2,1-2H3,(H,28,29). The van der Waals surface area contributed by atoms with Gasteiger partial charge in [-0.3, -0.25) is 14.8 Å². The molecule has 1 aliphatic heterocycles. The van der Waals surface area contributed by atoms with Crippen LogP contribution in [0.3, 0.4) is 0 Å². The maximum atomic E-state index is 13.6. The van der Waals surface area contributed by atoms with Crippen molar-refractivity contribution in [2.24, 2.45) is 0 Å². The van der Waals surface area contributed by atoms with Crippen LogP contribution in [-0.4, -0.2) is 23.2 Å². The number of aryl methyl sites for hydroxylation is 1. The van der Waals surface area contributed by atoms with Gasteiger partial charge >= 0.3 is 0 Å². The van der Waals surface area contributed by atoms with Gasteiger partial charge in [-0.1, -0.05) is 47.1 Å². The lowest BCUT2D eigenvalue weighted by Gasteiger charge is -2.26. The molecule has 1 aromatic heterocycles. The fourth-order valence-corrected chi connectivity index (χ4v) is 4.50. The second kappa shape index (κ2) is 8.28. The number of benzene rings is 3. The molecule has 0 aliphatic carbocycles. The number of hydrogen-bond donors (Lipinski definition) is 1. The molecule has 0 radical (unpaired) electrons. The Morgan fingerprint density at radius 2 is 1.69 bits per heavy atom. The van der Waals surface area contributed by atoms with Crippen LogP contribution in [0.5, 0.6) is 5.75 Å². The van der Waals surface area contributed by atoms with E-state index in [1.165, 1.54) is 5.56 Å². The number of nitrogens with one attached hydrogen (secondary N) is 1. The lowest BCUT2D eigenvalue weighted by atomic mass is 9.95. The Hall–Kier alpha value is -3.38. The molecule has 5 nitrogen and oxygen atoms in total. The van der Waals surface area contributed by atoms with Crippen LogP contribution in [-0.2, 0) is 6.42 Å². The predicted molar refractivity (Wildman–Crippen MR) is 129 cm³/mol. The fraction of sp³-hybridized carbons (Fsp3) is 0.154. The van der Waals surface area contributed by atoms with Crippen LogP contribution in [0, 0.1) is 0 Å². The van der Waals surface area contributed by atoms with Crippen molar-refractivity contribution >= 4 is 27.5 Å². The SMILES string of the molecule is CCc1ccc(C2c3c(-c4ccc(OC)cc4)n[nH]c3C(=O)N2c2ccc(Br)cc2)cc1. The Morgan fingerprint density at radius 1 is 1.00 bits per heavy atom. The lowest BCUT2D eigenvalue weighted by Crippen LogP contribution is -2.29. The van der Waals surface area contributed by atoms with Crippen LogP contribution in [0.25, 0.3) is 11.3 Å². The molecule has 6 heteroatoms. The number of H-pyrrole nitrogens is 1. The Kier molecular flexibility index (Phi) is 5.31. The number of nitrogens with zero attached hydrogens (tertiary/aromatic N) is 2. The maximum absolute atomic E-state index is 13.6. The quantitative estimate of drug-likeness (QED) is 0.366. The average molecular weight is 488 g/mol. The summed E-state index contributed by atoms with van der Waals surface area (Å²) in [5, 5.41) is 7.56. The fourth-order valence-electron chi connectivity index (χ4n) is 4.24. The van der Waals surface area contributed by atoms with E-state index in [9.17, 15) is 4.79 Å². The first kappa shape index (κ1) is 20.5. The molecule has 3 aromatic carbocycles. The van der Waals surface area contributed by atoms with Gasteiger partial charge in [-0.05, 0) is 66.1 Å². The van der Waals surface area contributed by atoms with E-state index in [1.807, 2.05) is 53.4 Å². The van der Waals surface area contributed by atoms with E-state index < -0.39 is 0 Å². The molecule has 1 aliphatic rings. The van der Waals surface area contributed by atoms with Crippen LogP contribution < -0.4 is 9.64 Å². The van der Waals surface area contributed by atoms with E-state index >= 15 is 0 Å².